The zero-order chi connectivity index (χ0) is 12.8. The van der Waals surface area contributed by atoms with Gasteiger partial charge in [0.05, 0.1) is 0 Å². The van der Waals surface area contributed by atoms with Crippen molar-refractivity contribution >= 4 is 15.9 Å². The summed E-state index contributed by atoms with van der Waals surface area (Å²) in [5.74, 6) is 0.915. The van der Waals surface area contributed by atoms with Crippen molar-refractivity contribution in [3.63, 3.8) is 0 Å². The highest BCUT2D eigenvalue weighted by Crippen LogP contribution is 2.22. The first-order valence-corrected chi connectivity index (χ1v) is 7.42. The van der Waals surface area contributed by atoms with Crippen LogP contribution >= 0.6 is 15.9 Å². The molecule has 4 heteroatoms. The molecular formula is C14H21BrN2O. The number of rotatable bonds is 5. The third-order valence-corrected chi connectivity index (χ3v) is 3.85. The molecule has 0 radical (unpaired) electrons. The molecule has 0 unspecified atom stereocenters. The van der Waals surface area contributed by atoms with Crippen LogP contribution in [0.2, 0.25) is 0 Å². The smallest absolute Gasteiger partial charge is 0.123 e. The third-order valence-electron chi connectivity index (χ3n) is 3.36. The lowest BCUT2D eigenvalue weighted by Crippen LogP contribution is -2.33. The van der Waals surface area contributed by atoms with Gasteiger partial charge < -0.3 is 10.5 Å². The van der Waals surface area contributed by atoms with Crippen LogP contribution in [0.4, 0.5) is 0 Å². The Morgan fingerprint density at radius 2 is 2.00 bits per heavy atom. The van der Waals surface area contributed by atoms with Crippen LogP contribution < -0.4 is 10.5 Å². The van der Waals surface area contributed by atoms with Crippen molar-refractivity contribution in [2.24, 2.45) is 5.73 Å². The lowest BCUT2D eigenvalue weighted by Gasteiger charge is -2.26. The van der Waals surface area contributed by atoms with Gasteiger partial charge in [-0.25, -0.2) is 0 Å². The molecule has 3 nitrogen and oxygen atoms in total. The number of nitrogens with zero attached hydrogens (tertiary/aromatic N) is 1. The van der Waals surface area contributed by atoms with Gasteiger partial charge >= 0.3 is 0 Å². The molecule has 1 aromatic carbocycles. The lowest BCUT2D eigenvalue weighted by molar-refractivity contribution is 0.183. The van der Waals surface area contributed by atoms with E-state index in [1.165, 1.54) is 32.4 Å². The highest BCUT2D eigenvalue weighted by Gasteiger charge is 2.10. The highest BCUT2D eigenvalue weighted by atomic mass is 79.9. The first-order valence-electron chi connectivity index (χ1n) is 6.63. The number of hydrogen-bond acceptors (Lipinski definition) is 3. The minimum Gasteiger partial charge on any atom is -0.492 e. The number of ether oxygens (including phenoxy) is 1. The van der Waals surface area contributed by atoms with Crippen molar-refractivity contribution in [1.82, 2.24) is 4.90 Å². The van der Waals surface area contributed by atoms with E-state index in [1.54, 1.807) is 0 Å². The van der Waals surface area contributed by atoms with Gasteiger partial charge in [-0.2, -0.15) is 0 Å². The fourth-order valence-electron chi connectivity index (χ4n) is 2.32. The normalized spacial score (nSPS) is 16.8. The number of halogens is 1. The highest BCUT2D eigenvalue weighted by molar-refractivity contribution is 9.10. The second-order valence-corrected chi connectivity index (χ2v) is 5.62. The summed E-state index contributed by atoms with van der Waals surface area (Å²) >= 11 is 3.45. The zero-order valence-electron chi connectivity index (χ0n) is 10.7. The van der Waals surface area contributed by atoms with E-state index >= 15 is 0 Å². The molecule has 1 fully saturated rings. The van der Waals surface area contributed by atoms with Gasteiger partial charge in [-0.15, -0.1) is 0 Å². The summed E-state index contributed by atoms with van der Waals surface area (Å²) in [5, 5.41) is 0. The molecule has 1 saturated heterocycles. The molecule has 0 spiro atoms. The molecule has 0 saturated carbocycles. The topological polar surface area (TPSA) is 38.5 Å². The molecule has 18 heavy (non-hydrogen) atoms. The summed E-state index contributed by atoms with van der Waals surface area (Å²) in [5.41, 5.74) is 6.78. The summed E-state index contributed by atoms with van der Waals surface area (Å²) in [6.07, 6.45) is 4.03. The molecule has 0 amide bonds. The Labute approximate surface area is 117 Å². The van der Waals surface area contributed by atoms with Crippen LogP contribution in [0.3, 0.4) is 0 Å². The number of piperidine rings is 1. The van der Waals surface area contributed by atoms with Crippen molar-refractivity contribution in [2.75, 3.05) is 26.2 Å². The first-order chi connectivity index (χ1) is 8.79. The Balaban J connectivity index is 1.82. The SMILES string of the molecule is NCc1cc(Br)ccc1OCCN1CCCCC1. The second kappa shape index (κ2) is 7.12. The van der Waals surface area contributed by atoms with Crippen molar-refractivity contribution in [3.05, 3.63) is 28.2 Å². The lowest BCUT2D eigenvalue weighted by atomic mass is 10.1. The fraction of sp³-hybridized carbons (Fsp3) is 0.571. The molecule has 0 aliphatic carbocycles. The fourth-order valence-corrected chi connectivity index (χ4v) is 2.72. The van der Waals surface area contributed by atoms with Crippen molar-refractivity contribution in [1.29, 1.82) is 0 Å². The standard InChI is InChI=1S/C14H21BrN2O/c15-13-4-5-14(12(10-13)11-16)18-9-8-17-6-2-1-3-7-17/h4-5,10H,1-3,6-9,11,16H2. The minimum absolute atomic E-state index is 0.512. The van der Waals surface area contributed by atoms with E-state index in [9.17, 15) is 0 Å². The van der Waals surface area contributed by atoms with E-state index < -0.39 is 0 Å². The van der Waals surface area contributed by atoms with E-state index in [0.29, 0.717) is 6.54 Å². The number of hydrogen-bond donors (Lipinski definition) is 1. The Kier molecular flexibility index (Phi) is 5.47. The van der Waals surface area contributed by atoms with Gasteiger partial charge in [0.2, 0.25) is 0 Å². The summed E-state index contributed by atoms with van der Waals surface area (Å²) in [6, 6.07) is 6.01. The zero-order valence-corrected chi connectivity index (χ0v) is 12.3. The molecule has 2 rings (SSSR count). The summed E-state index contributed by atoms with van der Waals surface area (Å²) in [4.78, 5) is 2.48. The van der Waals surface area contributed by atoms with Crippen LogP contribution in [0.15, 0.2) is 22.7 Å². The minimum atomic E-state index is 0.512. The van der Waals surface area contributed by atoms with E-state index in [-0.39, 0.29) is 0 Å². The number of benzene rings is 1. The first kappa shape index (κ1) is 13.8. The van der Waals surface area contributed by atoms with Crippen LogP contribution in [-0.4, -0.2) is 31.1 Å². The van der Waals surface area contributed by atoms with Gasteiger partial charge in [-0.05, 0) is 44.1 Å². The monoisotopic (exact) mass is 312 g/mol. The number of nitrogens with two attached hydrogens (primary N) is 1. The average Bonchev–Trinajstić information content (AvgIpc) is 2.41. The molecular weight excluding hydrogens is 292 g/mol. The Hall–Kier alpha value is -0.580. The largest absolute Gasteiger partial charge is 0.492 e. The molecule has 1 heterocycles. The van der Waals surface area contributed by atoms with E-state index in [1.807, 2.05) is 18.2 Å². The van der Waals surface area contributed by atoms with E-state index in [2.05, 4.69) is 20.8 Å². The molecule has 1 aliphatic heterocycles. The molecule has 1 aliphatic rings. The molecule has 1 aromatic rings. The maximum atomic E-state index is 5.84. The third kappa shape index (κ3) is 3.97. The van der Waals surface area contributed by atoms with Gasteiger partial charge in [-0.1, -0.05) is 22.4 Å². The summed E-state index contributed by atoms with van der Waals surface area (Å²) in [7, 11) is 0. The van der Waals surface area contributed by atoms with Crippen LogP contribution in [0, 0.1) is 0 Å². The predicted molar refractivity (Wildman–Crippen MR) is 77.8 cm³/mol. The van der Waals surface area contributed by atoms with Crippen LogP contribution in [0.5, 0.6) is 5.75 Å². The maximum Gasteiger partial charge on any atom is 0.123 e. The van der Waals surface area contributed by atoms with Crippen molar-refractivity contribution < 1.29 is 4.74 Å². The van der Waals surface area contributed by atoms with Gasteiger partial charge in [0.25, 0.3) is 0 Å². The molecule has 2 N–H and O–H groups in total. The van der Waals surface area contributed by atoms with Gasteiger partial charge in [0.15, 0.2) is 0 Å². The Bertz CT molecular complexity index is 378. The molecule has 0 atom stereocenters. The Morgan fingerprint density at radius 1 is 1.22 bits per heavy atom. The quantitative estimate of drug-likeness (QED) is 0.908. The van der Waals surface area contributed by atoms with Crippen LogP contribution in [-0.2, 0) is 6.54 Å². The van der Waals surface area contributed by atoms with Gasteiger partial charge in [-0.3, -0.25) is 4.90 Å². The predicted octanol–water partition coefficient (Wildman–Crippen LogP) is 2.77. The summed E-state index contributed by atoms with van der Waals surface area (Å²) in [6.45, 7) is 4.70. The van der Waals surface area contributed by atoms with E-state index in [4.69, 9.17) is 10.5 Å². The molecule has 0 aromatic heterocycles. The molecule has 100 valence electrons. The van der Waals surface area contributed by atoms with Crippen LogP contribution in [0.1, 0.15) is 24.8 Å². The van der Waals surface area contributed by atoms with Crippen LogP contribution in [0.25, 0.3) is 0 Å². The number of likely N-dealkylation sites (tertiary alicyclic amines) is 1. The van der Waals surface area contributed by atoms with Crippen molar-refractivity contribution in [3.8, 4) is 5.75 Å². The van der Waals surface area contributed by atoms with Gasteiger partial charge in [0.1, 0.15) is 12.4 Å². The Morgan fingerprint density at radius 3 is 2.72 bits per heavy atom. The maximum absolute atomic E-state index is 5.84. The molecule has 0 bridgehead atoms. The average molecular weight is 313 g/mol. The van der Waals surface area contributed by atoms with Crippen molar-refractivity contribution in [2.45, 2.75) is 25.8 Å². The van der Waals surface area contributed by atoms with E-state index in [0.717, 1.165) is 28.9 Å². The second-order valence-electron chi connectivity index (χ2n) is 4.71. The summed E-state index contributed by atoms with van der Waals surface area (Å²) < 4.78 is 6.89. The van der Waals surface area contributed by atoms with Gasteiger partial charge in [0, 0.05) is 23.1 Å².